The van der Waals surface area contributed by atoms with E-state index in [0.29, 0.717) is 32.8 Å². The van der Waals surface area contributed by atoms with Crippen LogP contribution in [0.25, 0.3) is 0 Å². The number of alkyl carbamates (subject to hydrolysis) is 1. The number of hydrogen-bond acceptors (Lipinski definition) is 17. The van der Waals surface area contributed by atoms with Gasteiger partial charge in [-0.15, -0.1) is 34.0 Å². The van der Waals surface area contributed by atoms with Crippen molar-refractivity contribution in [3.05, 3.63) is 60.9 Å². The van der Waals surface area contributed by atoms with E-state index in [4.69, 9.17) is 38.6 Å². The highest BCUT2D eigenvalue weighted by Gasteiger charge is 2.53. The Morgan fingerprint density at radius 3 is 2.28 bits per heavy atom. The molecule has 17 nitrogen and oxygen atoms in total. The summed E-state index contributed by atoms with van der Waals surface area (Å²) in [5.74, 6) is -1.81. The molecule has 2 aliphatic rings. The van der Waals surface area contributed by atoms with Crippen LogP contribution in [0, 0.1) is 0 Å². The summed E-state index contributed by atoms with van der Waals surface area (Å²) < 4.78 is 27.5. The number of amides is 3. The van der Waals surface area contributed by atoms with Gasteiger partial charge in [-0.2, -0.15) is 0 Å². The normalized spacial score (nSPS) is 21.1. The van der Waals surface area contributed by atoms with Gasteiger partial charge in [0.15, 0.2) is 11.4 Å². The fraction of sp³-hybridized carbons (Fsp3) is 0.553. The third-order valence-corrected chi connectivity index (χ3v) is 11.8. The largest absolute Gasteiger partial charge is 0.461 e. The third kappa shape index (κ3) is 9.73. The van der Waals surface area contributed by atoms with Gasteiger partial charge < -0.3 is 34.3 Å². The molecule has 5 heterocycles. The van der Waals surface area contributed by atoms with Crippen LogP contribution in [0.4, 0.5) is 9.59 Å². The Morgan fingerprint density at radius 1 is 0.983 bits per heavy atom. The zero-order valence-corrected chi connectivity index (χ0v) is 36.4. The number of aliphatic imine (C=N–C) groups is 1. The van der Waals surface area contributed by atoms with Crippen LogP contribution in [-0.2, 0) is 34.0 Å². The van der Waals surface area contributed by atoms with E-state index in [9.17, 15) is 24.0 Å². The molecule has 0 unspecified atom stereocenters. The van der Waals surface area contributed by atoms with E-state index in [-0.39, 0.29) is 37.6 Å². The molecule has 0 spiro atoms. The second-order valence-corrected chi connectivity index (χ2v) is 17.5. The van der Waals surface area contributed by atoms with Crippen LogP contribution < -0.4 is 10.6 Å². The molecule has 0 radical (unpaired) electrons. The lowest BCUT2D eigenvalue weighted by Gasteiger charge is -2.35. The van der Waals surface area contributed by atoms with Crippen LogP contribution in [0.15, 0.2) is 33.8 Å². The van der Waals surface area contributed by atoms with Gasteiger partial charge in [0, 0.05) is 16.1 Å². The molecule has 3 aromatic rings. The van der Waals surface area contributed by atoms with Gasteiger partial charge in [0.05, 0.1) is 30.7 Å². The topological polar surface area (TPSA) is 210 Å². The van der Waals surface area contributed by atoms with Gasteiger partial charge in [-0.05, 0) is 75.2 Å². The Hall–Kier alpha value is -4.79. The highest BCUT2D eigenvalue weighted by atomic mass is 32.1. The summed E-state index contributed by atoms with van der Waals surface area (Å²) in [7, 11) is 0. The first kappa shape index (κ1) is 44.3. The molecule has 5 atom stereocenters. The summed E-state index contributed by atoms with van der Waals surface area (Å²) in [5, 5.41) is 11.9. The van der Waals surface area contributed by atoms with E-state index in [1.165, 1.54) is 40.6 Å². The maximum atomic E-state index is 14.1. The van der Waals surface area contributed by atoms with Crippen LogP contribution >= 0.6 is 34.0 Å². The van der Waals surface area contributed by atoms with E-state index in [0.717, 1.165) is 11.3 Å². The molecular weight excluding hydrogens is 811 g/mol. The summed E-state index contributed by atoms with van der Waals surface area (Å²) in [6, 6.07) is -2.84. The Balaban J connectivity index is 1.65. The van der Waals surface area contributed by atoms with Crippen molar-refractivity contribution in [2.24, 2.45) is 4.99 Å². The SMILES string of the molecule is C=CCOC(=O)N[C@@H](C)C(=O)N[C@H](c1csc([C@@H]2[C@@H](C)OC(C)(C)N2C(=O)OC(C)(C)C)n1)[C@@]1(c2nc(C(=O)OCC)cs2)CCC(c2nc(C(=O)OCC)cs2)=N1. The summed E-state index contributed by atoms with van der Waals surface area (Å²) in [4.78, 5) is 86.9. The second-order valence-electron chi connectivity index (χ2n) is 14.9. The molecule has 0 aliphatic carbocycles. The molecule has 0 bridgehead atoms. The number of ether oxygens (including phenoxy) is 5. The fourth-order valence-corrected chi connectivity index (χ4v) is 9.37. The maximum Gasteiger partial charge on any atom is 0.413 e. The molecule has 5 rings (SSSR count). The van der Waals surface area contributed by atoms with Gasteiger partial charge in [0.2, 0.25) is 5.91 Å². The molecule has 20 heteroatoms. The predicted molar refractivity (Wildman–Crippen MR) is 216 cm³/mol. The van der Waals surface area contributed by atoms with Crippen molar-refractivity contribution >= 4 is 69.8 Å². The van der Waals surface area contributed by atoms with Gasteiger partial charge in [-0.25, -0.2) is 34.1 Å². The van der Waals surface area contributed by atoms with Gasteiger partial charge in [0.1, 0.15) is 56.6 Å². The van der Waals surface area contributed by atoms with Crippen molar-refractivity contribution in [2.75, 3.05) is 19.8 Å². The number of carbonyl (C=O) groups is 5. The monoisotopic (exact) mass is 859 g/mol. The van der Waals surface area contributed by atoms with E-state index < -0.39 is 71.1 Å². The van der Waals surface area contributed by atoms with Gasteiger partial charge in [-0.3, -0.25) is 14.7 Å². The van der Waals surface area contributed by atoms with Crippen LogP contribution in [0.3, 0.4) is 0 Å². The predicted octanol–water partition coefficient (Wildman–Crippen LogP) is 6.48. The van der Waals surface area contributed by atoms with Crippen LogP contribution in [-0.4, -0.2) is 98.9 Å². The molecule has 1 saturated heterocycles. The maximum absolute atomic E-state index is 14.1. The molecule has 3 amide bonds. The van der Waals surface area contributed by atoms with Crippen molar-refractivity contribution in [3.63, 3.8) is 0 Å². The minimum atomic E-state index is -1.40. The summed E-state index contributed by atoms with van der Waals surface area (Å²) in [6.45, 7) is 19.4. The molecule has 0 aromatic carbocycles. The quantitative estimate of drug-likeness (QED) is 0.101. The average molecular weight is 860 g/mol. The molecule has 0 saturated carbocycles. The number of aromatic nitrogens is 3. The summed E-state index contributed by atoms with van der Waals surface area (Å²) in [5.41, 5.74) is -2.17. The van der Waals surface area contributed by atoms with Crippen molar-refractivity contribution in [2.45, 2.75) is 116 Å². The minimum Gasteiger partial charge on any atom is -0.461 e. The van der Waals surface area contributed by atoms with Crippen LogP contribution in [0.1, 0.15) is 129 Å². The van der Waals surface area contributed by atoms with Crippen molar-refractivity contribution in [3.8, 4) is 0 Å². The zero-order valence-electron chi connectivity index (χ0n) is 33.9. The van der Waals surface area contributed by atoms with E-state index in [1.807, 2.05) is 6.92 Å². The average Bonchev–Trinajstić information content (AvgIpc) is 3.98. The minimum absolute atomic E-state index is 0.0555. The lowest BCUT2D eigenvalue weighted by atomic mass is 9.86. The zero-order chi connectivity index (χ0) is 42.6. The highest BCUT2D eigenvalue weighted by Crippen LogP contribution is 2.50. The third-order valence-electron chi connectivity index (χ3n) is 8.95. The number of esters is 2. The summed E-state index contributed by atoms with van der Waals surface area (Å²) >= 11 is 3.63. The smallest absolute Gasteiger partial charge is 0.413 e. The van der Waals surface area contributed by atoms with E-state index in [2.05, 4.69) is 22.2 Å². The number of thiazole rings is 3. The number of nitrogens with zero attached hydrogens (tertiary/aromatic N) is 5. The van der Waals surface area contributed by atoms with Crippen molar-refractivity contribution < 1.29 is 47.7 Å². The van der Waals surface area contributed by atoms with Gasteiger partial charge >= 0.3 is 24.1 Å². The van der Waals surface area contributed by atoms with Crippen LogP contribution in [0.5, 0.6) is 0 Å². The standard InChI is InChI=1S/C38H49N7O10S3/c1-11-16-53-34(49)39-20(4)28(46)43-27(23-17-57-30(40-23)26-21(5)54-37(9,10)45(26)35(50)55-36(6,7)8)38(33-42-25(19-58-33)32(48)52-13-3)15-14-22(44-38)29-41-24(18-56-29)31(47)51-12-2/h11,17-21,26-27H,1,12-16H2,2-10H3,(H,39,49)(H,43,46)/t20-,21+,26-,27+,38+/m0/s1. The Bertz CT molecular complexity index is 2050. The Morgan fingerprint density at radius 2 is 1.64 bits per heavy atom. The Labute approximate surface area is 348 Å². The molecule has 1 fully saturated rings. The molecule has 2 aliphatic heterocycles. The second kappa shape index (κ2) is 18.0. The molecule has 3 aromatic heterocycles. The summed E-state index contributed by atoms with van der Waals surface area (Å²) in [6.07, 6.45) is 0.0771. The number of carbonyl (C=O) groups excluding carboxylic acids is 5. The highest BCUT2D eigenvalue weighted by molar-refractivity contribution is 7.12. The van der Waals surface area contributed by atoms with Crippen molar-refractivity contribution in [1.29, 1.82) is 0 Å². The fourth-order valence-electron chi connectivity index (χ4n) is 6.55. The molecular formula is C38H49N7O10S3. The van der Waals surface area contributed by atoms with Crippen molar-refractivity contribution in [1.82, 2.24) is 30.5 Å². The molecule has 58 heavy (non-hydrogen) atoms. The van der Waals surface area contributed by atoms with Gasteiger partial charge in [0.25, 0.3) is 0 Å². The number of rotatable bonds is 14. The van der Waals surface area contributed by atoms with Gasteiger partial charge in [-0.1, -0.05) is 12.7 Å². The molecule has 2 N–H and O–H groups in total. The molecule has 314 valence electrons. The van der Waals surface area contributed by atoms with Crippen LogP contribution in [0.2, 0.25) is 0 Å². The first-order valence-electron chi connectivity index (χ1n) is 18.7. The lowest BCUT2D eigenvalue weighted by molar-refractivity contribution is -0.124. The number of nitrogens with one attached hydrogen (secondary N) is 2. The number of hydrogen-bond donors (Lipinski definition) is 2. The first-order chi connectivity index (χ1) is 27.3. The Kier molecular flexibility index (Phi) is 13.8. The van der Waals surface area contributed by atoms with E-state index in [1.54, 1.807) is 64.6 Å². The lowest BCUT2D eigenvalue weighted by Crippen LogP contribution is -2.50. The van der Waals surface area contributed by atoms with E-state index >= 15 is 0 Å². The first-order valence-corrected chi connectivity index (χ1v) is 21.3.